The lowest BCUT2D eigenvalue weighted by Crippen LogP contribution is -1.99. The predicted molar refractivity (Wildman–Crippen MR) is 356 cm³/mol. The molecule has 86 heavy (non-hydrogen) atoms. The standard InChI is InChI=1S/C80H48N6/c1-81-79-72(66-46-44-64-68(50-24-8-2-9-25-50)48-70(52-28-12-4-13-29-52)82-75(64)77(66)84-73(79)54-32-16-6-17-33-54)62-42-22-38-58-56(36-20-40-60(58)62)57-37-21-41-61-59(57)39-23-43-63(61)74-67-47-45-65-69(51-26-10-3-11-27-51)49-71(53-30-14-5-15-31-53)83-76(65)78(67)86-80(85-74)55-34-18-7-19-35-55/h2-49H. The molecule has 0 unspecified atom stereocenters. The maximum Gasteiger partial charge on any atom is 0.221 e. The van der Waals surface area contributed by atoms with Crippen LogP contribution in [0.25, 0.3) is 171 Å². The van der Waals surface area contributed by atoms with E-state index in [0.29, 0.717) is 17.2 Å². The van der Waals surface area contributed by atoms with Crippen LogP contribution in [-0.4, -0.2) is 24.9 Å². The molecule has 4 aromatic heterocycles. The fraction of sp³-hybridized carbons (Fsp3) is 0. The second-order valence-corrected chi connectivity index (χ2v) is 21.6. The first-order chi connectivity index (χ1) is 42.6. The Morgan fingerprint density at radius 1 is 0.233 bits per heavy atom. The quantitative estimate of drug-likeness (QED) is 0.106. The zero-order chi connectivity index (χ0) is 57.1. The van der Waals surface area contributed by atoms with E-state index in [-0.39, 0.29) is 0 Å². The van der Waals surface area contributed by atoms with E-state index in [2.05, 4.69) is 217 Å². The molecule has 0 aliphatic carbocycles. The van der Waals surface area contributed by atoms with E-state index in [1.807, 2.05) is 78.9 Å². The van der Waals surface area contributed by atoms with Crippen molar-refractivity contribution in [3.05, 3.63) is 303 Å². The van der Waals surface area contributed by atoms with Crippen LogP contribution in [0, 0.1) is 6.57 Å². The summed E-state index contributed by atoms with van der Waals surface area (Å²) in [4.78, 5) is 31.8. The molecule has 0 aliphatic rings. The Balaban J connectivity index is 0.919. The van der Waals surface area contributed by atoms with Crippen molar-refractivity contribution in [3.8, 4) is 101 Å². The van der Waals surface area contributed by atoms with Crippen molar-refractivity contribution in [2.75, 3.05) is 0 Å². The van der Waals surface area contributed by atoms with Gasteiger partial charge in [-0.25, -0.2) is 24.8 Å². The maximum atomic E-state index is 9.02. The number of hydrogen-bond acceptors (Lipinski definition) is 5. The average molecular weight is 1090 g/mol. The summed E-state index contributed by atoms with van der Waals surface area (Å²) in [5.41, 5.74) is 19.8. The van der Waals surface area contributed by atoms with Gasteiger partial charge in [0.2, 0.25) is 5.69 Å². The number of rotatable bonds is 9. The molecule has 12 aromatic carbocycles. The first-order valence-electron chi connectivity index (χ1n) is 28.8. The summed E-state index contributed by atoms with van der Waals surface area (Å²) in [6.45, 7) is 9.02. The largest absolute Gasteiger partial charge is 0.257 e. The van der Waals surface area contributed by atoms with Crippen molar-refractivity contribution in [1.82, 2.24) is 24.9 Å². The Morgan fingerprint density at radius 3 is 1.09 bits per heavy atom. The van der Waals surface area contributed by atoms with Gasteiger partial charge in [0, 0.05) is 38.4 Å². The molecule has 0 fully saturated rings. The summed E-state index contributed by atoms with van der Waals surface area (Å²) >= 11 is 0. The first-order valence-corrected chi connectivity index (χ1v) is 28.8. The topological polar surface area (TPSA) is 68.8 Å². The SMILES string of the molecule is [C-]#[N+]c1c(-c2ccccc2)nc2c(ccc3c(-c4ccccc4)cc(-c4ccccc4)nc32)c1-c1cccc2c(-c3cccc4c(-c5nc(-c6ccccc6)nc6c5ccc5c(-c7ccccc7)cc(-c7ccccc7)nc56)cccc34)cccc12. The summed E-state index contributed by atoms with van der Waals surface area (Å²) in [5.74, 6) is 0.624. The lowest BCUT2D eigenvalue weighted by molar-refractivity contribution is 1.23. The van der Waals surface area contributed by atoms with Crippen LogP contribution < -0.4 is 0 Å². The highest BCUT2D eigenvalue weighted by Crippen LogP contribution is 2.49. The molecule has 398 valence electrons. The Morgan fingerprint density at radius 2 is 0.605 bits per heavy atom. The van der Waals surface area contributed by atoms with Crippen molar-refractivity contribution in [3.63, 3.8) is 0 Å². The monoisotopic (exact) mass is 1090 g/mol. The first kappa shape index (κ1) is 50.0. The van der Waals surface area contributed by atoms with Gasteiger partial charge in [-0.1, -0.05) is 273 Å². The maximum absolute atomic E-state index is 9.02. The van der Waals surface area contributed by atoms with Crippen LogP contribution in [0.15, 0.2) is 291 Å². The Hall–Kier alpha value is -11.8. The number of aromatic nitrogens is 5. The van der Waals surface area contributed by atoms with Crippen LogP contribution in [0.5, 0.6) is 0 Å². The highest BCUT2D eigenvalue weighted by molar-refractivity contribution is 6.21. The Kier molecular flexibility index (Phi) is 12.1. The number of fused-ring (bicyclic) bond motifs is 8. The molecular weight excluding hydrogens is 1040 g/mol. The molecule has 0 saturated carbocycles. The van der Waals surface area contributed by atoms with Crippen molar-refractivity contribution in [2.24, 2.45) is 0 Å². The molecule has 6 heteroatoms. The smallest absolute Gasteiger partial charge is 0.221 e. The minimum atomic E-state index is 0.487. The molecule has 0 spiro atoms. The number of benzene rings is 12. The molecule has 0 N–H and O–H groups in total. The van der Waals surface area contributed by atoms with Gasteiger partial charge >= 0.3 is 0 Å². The summed E-state index contributed by atoms with van der Waals surface area (Å²) in [6, 6.07) is 101. The molecule has 4 heterocycles. The van der Waals surface area contributed by atoms with Crippen molar-refractivity contribution < 1.29 is 0 Å². The van der Waals surface area contributed by atoms with E-state index in [4.69, 9.17) is 31.5 Å². The zero-order valence-corrected chi connectivity index (χ0v) is 46.4. The van der Waals surface area contributed by atoms with Gasteiger partial charge in [0.25, 0.3) is 0 Å². The minimum Gasteiger partial charge on any atom is -0.257 e. The van der Waals surface area contributed by atoms with Gasteiger partial charge in [-0.15, -0.1) is 0 Å². The fourth-order valence-electron chi connectivity index (χ4n) is 12.7. The van der Waals surface area contributed by atoms with Crippen molar-refractivity contribution in [2.45, 2.75) is 0 Å². The van der Waals surface area contributed by atoms with Gasteiger partial charge < -0.3 is 0 Å². The fourth-order valence-corrected chi connectivity index (χ4v) is 12.7. The van der Waals surface area contributed by atoms with Gasteiger partial charge in [0.15, 0.2) is 5.82 Å². The van der Waals surface area contributed by atoms with E-state index >= 15 is 0 Å². The molecule has 0 atom stereocenters. The van der Waals surface area contributed by atoms with Gasteiger partial charge in [-0.2, -0.15) is 0 Å². The van der Waals surface area contributed by atoms with E-state index in [1.165, 1.54) is 0 Å². The highest BCUT2D eigenvalue weighted by Gasteiger charge is 2.25. The van der Waals surface area contributed by atoms with E-state index < -0.39 is 0 Å². The van der Waals surface area contributed by atoms with Crippen LogP contribution in [0.2, 0.25) is 0 Å². The Bertz CT molecular complexity index is 5380. The third kappa shape index (κ3) is 8.45. The van der Waals surface area contributed by atoms with Crippen LogP contribution in [0.1, 0.15) is 0 Å². The minimum absolute atomic E-state index is 0.487. The van der Waals surface area contributed by atoms with Crippen molar-refractivity contribution in [1.29, 1.82) is 0 Å². The van der Waals surface area contributed by atoms with Gasteiger partial charge in [-0.05, 0) is 95.2 Å². The number of pyridine rings is 3. The van der Waals surface area contributed by atoms with Crippen LogP contribution in [0.3, 0.4) is 0 Å². The summed E-state index contributed by atoms with van der Waals surface area (Å²) in [5, 5.41) is 7.98. The predicted octanol–water partition coefficient (Wildman–Crippen LogP) is 21.1. The second-order valence-electron chi connectivity index (χ2n) is 21.6. The summed E-state index contributed by atoms with van der Waals surface area (Å²) in [6.07, 6.45) is 0. The molecule has 0 aliphatic heterocycles. The van der Waals surface area contributed by atoms with Crippen LogP contribution in [0.4, 0.5) is 5.69 Å². The lowest BCUT2D eigenvalue weighted by atomic mass is 9.87. The van der Waals surface area contributed by atoms with Gasteiger partial charge in [0.1, 0.15) is 5.52 Å². The average Bonchev–Trinajstić information content (AvgIpc) is 1.39. The molecular formula is C80H48N6. The van der Waals surface area contributed by atoms with E-state index in [9.17, 15) is 0 Å². The normalized spacial score (nSPS) is 11.5. The lowest BCUT2D eigenvalue weighted by Gasteiger charge is -2.19. The third-order valence-corrected chi connectivity index (χ3v) is 16.7. The summed E-state index contributed by atoms with van der Waals surface area (Å²) < 4.78 is 0. The molecule has 16 aromatic rings. The second kappa shape index (κ2) is 20.9. The number of nitrogens with zero attached hydrogens (tertiary/aromatic N) is 6. The molecule has 0 radical (unpaired) electrons. The molecule has 0 amide bonds. The molecule has 0 bridgehead atoms. The van der Waals surface area contributed by atoms with E-state index in [0.717, 1.165) is 155 Å². The van der Waals surface area contributed by atoms with Crippen LogP contribution in [-0.2, 0) is 0 Å². The number of hydrogen-bond donors (Lipinski definition) is 0. The van der Waals surface area contributed by atoms with Gasteiger partial charge in [-0.3, -0.25) is 4.98 Å². The third-order valence-electron chi connectivity index (χ3n) is 16.7. The molecule has 0 saturated heterocycles. The van der Waals surface area contributed by atoms with E-state index in [1.54, 1.807) is 0 Å². The highest BCUT2D eigenvalue weighted by atomic mass is 14.9. The van der Waals surface area contributed by atoms with Crippen molar-refractivity contribution >= 4 is 70.8 Å². The Labute approximate surface area is 496 Å². The summed E-state index contributed by atoms with van der Waals surface area (Å²) in [7, 11) is 0. The van der Waals surface area contributed by atoms with Crippen LogP contribution >= 0.6 is 0 Å². The molecule has 6 nitrogen and oxygen atoms in total. The molecule has 16 rings (SSSR count). The zero-order valence-electron chi connectivity index (χ0n) is 46.4. The van der Waals surface area contributed by atoms with Gasteiger partial charge in [0.05, 0.1) is 45.9 Å².